The van der Waals surface area contributed by atoms with Crippen LogP contribution in [0.2, 0.25) is 6.32 Å². The first-order chi connectivity index (χ1) is 7.30. The Morgan fingerprint density at radius 2 is 1.87 bits per heavy atom. The molecular weight excluding hydrogens is 189 g/mol. The molecule has 1 aliphatic rings. The Labute approximate surface area is 90.0 Å². The van der Waals surface area contributed by atoms with Crippen molar-refractivity contribution in [1.29, 1.82) is 5.26 Å². The third kappa shape index (κ3) is 1.76. The molecule has 1 heterocycles. The summed E-state index contributed by atoms with van der Waals surface area (Å²) in [5.41, 5.74) is 1.48. The molecule has 0 amide bonds. The van der Waals surface area contributed by atoms with Crippen LogP contribution in [0.4, 0.5) is 0 Å². The Morgan fingerprint density at radius 3 is 2.33 bits per heavy atom. The monoisotopic (exact) mass is 199 g/mol. The van der Waals surface area contributed by atoms with Gasteiger partial charge in [-0.15, -0.1) is 0 Å². The minimum absolute atomic E-state index is 0.277. The fourth-order valence-electron chi connectivity index (χ4n) is 1.66. The maximum atomic E-state index is 8.68. The second kappa shape index (κ2) is 4.05. The van der Waals surface area contributed by atoms with Crippen LogP contribution in [-0.2, 0) is 15.3 Å². The fraction of sp³-hybridized carbons (Fsp3) is 0.364. The van der Waals surface area contributed by atoms with Crippen molar-refractivity contribution in [2.45, 2.75) is 12.1 Å². The van der Waals surface area contributed by atoms with Crippen LogP contribution in [-0.4, -0.2) is 21.1 Å². The van der Waals surface area contributed by atoms with Gasteiger partial charge in [0.2, 0.25) is 0 Å². The maximum Gasteiger partial charge on any atom is 0.187 e. The number of hydrogen-bond acceptors (Lipinski definition) is 3. The van der Waals surface area contributed by atoms with Gasteiger partial charge in [-0.2, -0.15) is 5.26 Å². The van der Waals surface area contributed by atoms with Gasteiger partial charge in [-0.3, -0.25) is 0 Å². The SMILES string of the molecule is [B]CC1(c2ccc(C#N)cc2)OCCO1. The Kier molecular flexibility index (Phi) is 2.76. The molecule has 1 aromatic carbocycles. The Morgan fingerprint density at radius 1 is 1.27 bits per heavy atom. The Hall–Kier alpha value is -1.31. The van der Waals surface area contributed by atoms with Crippen LogP contribution < -0.4 is 0 Å². The lowest BCUT2D eigenvalue weighted by Gasteiger charge is -2.26. The predicted octanol–water partition coefficient (Wildman–Crippen LogP) is 1.34. The average molecular weight is 199 g/mol. The van der Waals surface area contributed by atoms with E-state index in [-0.39, 0.29) is 6.32 Å². The van der Waals surface area contributed by atoms with Crippen LogP contribution >= 0.6 is 0 Å². The van der Waals surface area contributed by atoms with Crippen molar-refractivity contribution in [2.75, 3.05) is 13.2 Å². The summed E-state index contributed by atoms with van der Waals surface area (Å²) in [5.74, 6) is -0.812. The van der Waals surface area contributed by atoms with E-state index in [0.29, 0.717) is 18.8 Å². The summed E-state index contributed by atoms with van der Waals surface area (Å²) in [4.78, 5) is 0. The molecule has 3 nitrogen and oxygen atoms in total. The minimum atomic E-state index is -0.812. The zero-order chi connectivity index (χ0) is 10.7. The van der Waals surface area contributed by atoms with Gasteiger partial charge in [-0.25, -0.2) is 0 Å². The van der Waals surface area contributed by atoms with E-state index in [2.05, 4.69) is 6.07 Å². The molecule has 1 fully saturated rings. The van der Waals surface area contributed by atoms with Crippen molar-refractivity contribution in [3.63, 3.8) is 0 Å². The van der Waals surface area contributed by atoms with Crippen molar-refractivity contribution in [3.8, 4) is 6.07 Å². The molecule has 0 N–H and O–H groups in total. The number of ether oxygens (including phenoxy) is 2. The highest BCUT2D eigenvalue weighted by molar-refractivity contribution is 6.09. The van der Waals surface area contributed by atoms with Gasteiger partial charge in [0.15, 0.2) is 5.79 Å². The number of rotatable bonds is 2. The molecule has 0 atom stereocenters. The topological polar surface area (TPSA) is 42.2 Å². The highest BCUT2D eigenvalue weighted by Gasteiger charge is 2.35. The molecule has 0 bridgehead atoms. The number of nitrogens with zero attached hydrogens (tertiary/aromatic N) is 1. The number of benzene rings is 1. The van der Waals surface area contributed by atoms with E-state index in [4.69, 9.17) is 22.6 Å². The number of nitriles is 1. The summed E-state index contributed by atoms with van der Waals surface area (Å²) >= 11 is 0. The van der Waals surface area contributed by atoms with Crippen LogP contribution in [0.1, 0.15) is 11.1 Å². The van der Waals surface area contributed by atoms with Gasteiger partial charge in [0, 0.05) is 5.56 Å². The first kappa shape index (κ1) is 10.2. The van der Waals surface area contributed by atoms with E-state index < -0.39 is 5.79 Å². The molecule has 4 heteroatoms. The molecule has 1 aromatic rings. The molecule has 0 aromatic heterocycles. The smallest absolute Gasteiger partial charge is 0.187 e. The second-order valence-corrected chi connectivity index (χ2v) is 3.34. The van der Waals surface area contributed by atoms with Gasteiger partial charge < -0.3 is 9.47 Å². The molecule has 1 saturated heterocycles. The van der Waals surface area contributed by atoms with Crippen LogP contribution in [0.5, 0.6) is 0 Å². The molecule has 0 spiro atoms. The van der Waals surface area contributed by atoms with E-state index in [1.807, 2.05) is 12.1 Å². The first-order valence-corrected chi connectivity index (χ1v) is 4.79. The first-order valence-electron chi connectivity index (χ1n) is 4.79. The van der Waals surface area contributed by atoms with Crippen LogP contribution in [0.3, 0.4) is 0 Å². The molecule has 0 unspecified atom stereocenters. The van der Waals surface area contributed by atoms with Gasteiger partial charge in [-0.05, 0) is 18.5 Å². The Balaban J connectivity index is 2.31. The van der Waals surface area contributed by atoms with Gasteiger partial charge >= 0.3 is 0 Å². The maximum absolute atomic E-state index is 8.68. The minimum Gasteiger partial charge on any atom is -0.344 e. The normalized spacial score (nSPS) is 18.6. The third-order valence-electron chi connectivity index (χ3n) is 2.48. The van der Waals surface area contributed by atoms with Gasteiger partial charge in [0.1, 0.15) is 0 Å². The summed E-state index contributed by atoms with van der Waals surface area (Å²) < 4.78 is 11.0. The van der Waals surface area contributed by atoms with Crippen molar-refractivity contribution in [1.82, 2.24) is 0 Å². The summed E-state index contributed by atoms with van der Waals surface area (Å²) in [5, 5.41) is 8.68. The number of hydrogen-bond donors (Lipinski definition) is 0. The van der Waals surface area contributed by atoms with E-state index in [9.17, 15) is 0 Å². The molecule has 15 heavy (non-hydrogen) atoms. The van der Waals surface area contributed by atoms with Crippen LogP contribution in [0, 0.1) is 11.3 Å². The van der Waals surface area contributed by atoms with Crippen molar-refractivity contribution >= 4 is 7.85 Å². The quantitative estimate of drug-likeness (QED) is 0.675. The molecule has 74 valence electrons. The molecule has 2 radical (unpaired) electrons. The zero-order valence-electron chi connectivity index (χ0n) is 8.27. The van der Waals surface area contributed by atoms with E-state index in [1.54, 1.807) is 12.1 Å². The third-order valence-corrected chi connectivity index (χ3v) is 2.48. The van der Waals surface area contributed by atoms with Gasteiger partial charge in [-0.1, -0.05) is 12.1 Å². The second-order valence-electron chi connectivity index (χ2n) is 3.34. The lowest BCUT2D eigenvalue weighted by atomic mass is 9.90. The highest BCUT2D eigenvalue weighted by Crippen LogP contribution is 2.34. The lowest BCUT2D eigenvalue weighted by Crippen LogP contribution is -2.26. The average Bonchev–Trinajstić information content (AvgIpc) is 2.79. The van der Waals surface area contributed by atoms with Crippen molar-refractivity contribution in [2.24, 2.45) is 0 Å². The summed E-state index contributed by atoms with van der Waals surface area (Å²) in [7, 11) is 5.66. The summed E-state index contributed by atoms with van der Waals surface area (Å²) in [6.45, 7) is 1.11. The summed E-state index contributed by atoms with van der Waals surface area (Å²) in [6, 6.07) is 9.16. The van der Waals surface area contributed by atoms with E-state index in [0.717, 1.165) is 5.56 Å². The van der Waals surface area contributed by atoms with Crippen molar-refractivity contribution < 1.29 is 9.47 Å². The molecule has 0 saturated carbocycles. The predicted molar refractivity (Wildman–Crippen MR) is 55.3 cm³/mol. The van der Waals surface area contributed by atoms with Crippen LogP contribution in [0.25, 0.3) is 0 Å². The Bertz CT molecular complexity index is 377. The standard InChI is InChI=1S/C11H10BNO2/c12-8-11(14-5-6-15-11)10-3-1-9(7-13)2-4-10/h1-4H,5-6,8H2. The van der Waals surface area contributed by atoms with Gasteiger partial charge in [0.05, 0.1) is 32.7 Å². The largest absolute Gasteiger partial charge is 0.344 e. The van der Waals surface area contributed by atoms with E-state index in [1.165, 1.54) is 0 Å². The summed E-state index contributed by atoms with van der Waals surface area (Å²) in [6.07, 6.45) is 0.277. The van der Waals surface area contributed by atoms with Gasteiger partial charge in [0.25, 0.3) is 0 Å². The molecule has 0 aliphatic carbocycles. The van der Waals surface area contributed by atoms with Crippen molar-refractivity contribution in [3.05, 3.63) is 35.4 Å². The zero-order valence-corrected chi connectivity index (χ0v) is 8.27. The van der Waals surface area contributed by atoms with E-state index >= 15 is 0 Å². The fourth-order valence-corrected chi connectivity index (χ4v) is 1.66. The lowest BCUT2D eigenvalue weighted by molar-refractivity contribution is -0.148. The highest BCUT2D eigenvalue weighted by atomic mass is 16.7. The molecule has 2 rings (SSSR count). The van der Waals surface area contributed by atoms with Crippen LogP contribution in [0.15, 0.2) is 24.3 Å². The molecular formula is C11H10BNO2. The molecule has 1 aliphatic heterocycles.